The third kappa shape index (κ3) is 3.49. The molecule has 0 bridgehead atoms. The van der Waals surface area contributed by atoms with Crippen LogP contribution in [-0.4, -0.2) is 13.1 Å². The zero-order valence-corrected chi connectivity index (χ0v) is 13.0. The Bertz CT molecular complexity index is 807. The van der Waals surface area contributed by atoms with Gasteiger partial charge in [-0.15, -0.1) is 0 Å². The van der Waals surface area contributed by atoms with Crippen LogP contribution < -0.4 is 0 Å². The van der Waals surface area contributed by atoms with Crippen molar-refractivity contribution in [3.8, 4) is 22.3 Å². The minimum Gasteiger partial charge on any atom is -0.469 e. The fourth-order valence-electron chi connectivity index (χ4n) is 2.69. The van der Waals surface area contributed by atoms with Gasteiger partial charge in [-0.1, -0.05) is 78.9 Å². The molecular formula is C21H18O2. The predicted octanol–water partition coefficient (Wildman–Crippen LogP) is 4.74. The molecule has 2 nitrogen and oxygen atoms in total. The van der Waals surface area contributed by atoms with Crippen molar-refractivity contribution in [2.24, 2.45) is 0 Å². The summed E-state index contributed by atoms with van der Waals surface area (Å²) in [5, 5.41) is 0. The van der Waals surface area contributed by atoms with Crippen LogP contribution in [0, 0.1) is 0 Å². The molecule has 0 saturated heterocycles. The quantitative estimate of drug-likeness (QED) is 0.651. The van der Waals surface area contributed by atoms with Gasteiger partial charge < -0.3 is 4.74 Å². The van der Waals surface area contributed by atoms with E-state index in [1.165, 1.54) is 18.2 Å². The lowest BCUT2D eigenvalue weighted by atomic mass is 9.93. The molecule has 0 amide bonds. The van der Waals surface area contributed by atoms with Gasteiger partial charge in [-0.25, -0.2) is 0 Å². The van der Waals surface area contributed by atoms with Crippen molar-refractivity contribution in [2.75, 3.05) is 7.11 Å². The second-order valence-corrected chi connectivity index (χ2v) is 5.36. The average molecular weight is 302 g/mol. The van der Waals surface area contributed by atoms with Crippen molar-refractivity contribution >= 4 is 5.97 Å². The number of ether oxygens (including phenoxy) is 1. The molecule has 0 unspecified atom stereocenters. The number of esters is 1. The smallest absolute Gasteiger partial charge is 0.309 e. The first-order chi connectivity index (χ1) is 11.3. The highest BCUT2D eigenvalue weighted by atomic mass is 16.5. The molecule has 0 aliphatic rings. The third-order valence-corrected chi connectivity index (χ3v) is 3.83. The number of rotatable bonds is 4. The molecule has 0 spiro atoms. The van der Waals surface area contributed by atoms with Gasteiger partial charge in [-0.3, -0.25) is 4.79 Å². The van der Waals surface area contributed by atoms with Crippen LogP contribution in [0.3, 0.4) is 0 Å². The Kier molecular flexibility index (Phi) is 4.53. The van der Waals surface area contributed by atoms with E-state index in [0.29, 0.717) is 0 Å². The van der Waals surface area contributed by atoms with Gasteiger partial charge >= 0.3 is 5.97 Å². The lowest BCUT2D eigenvalue weighted by Gasteiger charge is -2.11. The Morgan fingerprint density at radius 1 is 0.783 bits per heavy atom. The molecule has 0 aliphatic carbocycles. The van der Waals surface area contributed by atoms with Crippen LogP contribution in [0.25, 0.3) is 22.3 Å². The molecule has 0 saturated carbocycles. The standard InChI is InChI=1S/C21H18O2/c1-23-21(22)15-16-8-7-11-18(14-16)20-13-6-5-12-19(20)17-9-3-2-4-10-17/h2-14H,15H2,1H3. The molecule has 23 heavy (non-hydrogen) atoms. The number of methoxy groups -OCH3 is 1. The van der Waals surface area contributed by atoms with Crippen LogP contribution in [0.1, 0.15) is 5.56 Å². The monoisotopic (exact) mass is 302 g/mol. The Morgan fingerprint density at radius 3 is 2.09 bits per heavy atom. The van der Waals surface area contributed by atoms with Gasteiger partial charge in [0.1, 0.15) is 0 Å². The van der Waals surface area contributed by atoms with E-state index in [2.05, 4.69) is 36.4 Å². The molecule has 0 aromatic heterocycles. The molecule has 0 aliphatic heterocycles. The SMILES string of the molecule is COC(=O)Cc1cccc(-c2ccccc2-c2ccccc2)c1. The molecule has 2 heteroatoms. The Morgan fingerprint density at radius 2 is 1.39 bits per heavy atom. The number of hydrogen-bond donors (Lipinski definition) is 0. The zero-order chi connectivity index (χ0) is 16.1. The first-order valence-electron chi connectivity index (χ1n) is 7.58. The lowest BCUT2D eigenvalue weighted by Crippen LogP contribution is -2.04. The van der Waals surface area contributed by atoms with Crippen molar-refractivity contribution in [3.63, 3.8) is 0 Å². The van der Waals surface area contributed by atoms with Crippen molar-refractivity contribution in [1.29, 1.82) is 0 Å². The van der Waals surface area contributed by atoms with E-state index < -0.39 is 0 Å². The summed E-state index contributed by atoms with van der Waals surface area (Å²) in [6, 6.07) is 26.7. The van der Waals surface area contributed by atoms with E-state index in [0.717, 1.165) is 16.7 Å². The maximum absolute atomic E-state index is 11.5. The zero-order valence-electron chi connectivity index (χ0n) is 13.0. The van der Waals surface area contributed by atoms with Crippen LogP contribution in [-0.2, 0) is 16.0 Å². The summed E-state index contributed by atoms with van der Waals surface area (Å²) in [7, 11) is 1.41. The molecule has 0 heterocycles. The minimum absolute atomic E-state index is 0.224. The normalized spacial score (nSPS) is 10.3. The van der Waals surface area contributed by atoms with E-state index in [1.807, 2.05) is 42.5 Å². The van der Waals surface area contributed by atoms with Crippen molar-refractivity contribution in [1.82, 2.24) is 0 Å². The van der Waals surface area contributed by atoms with Gasteiger partial charge in [0.05, 0.1) is 13.5 Å². The summed E-state index contributed by atoms with van der Waals surface area (Å²) in [5.74, 6) is -0.224. The van der Waals surface area contributed by atoms with Crippen LogP contribution >= 0.6 is 0 Å². The first-order valence-corrected chi connectivity index (χ1v) is 7.58. The second kappa shape index (κ2) is 6.93. The van der Waals surface area contributed by atoms with Gasteiger partial charge in [0, 0.05) is 0 Å². The Labute approximate surface area is 136 Å². The molecule has 0 radical (unpaired) electrons. The van der Waals surface area contributed by atoms with E-state index in [9.17, 15) is 4.79 Å². The van der Waals surface area contributed by atoms with E-state index in [1.54, 1.807) is 0 Å². The summed E-state index contributed by atoms with van der Waals surface area (Å²) in [6.07, 6.45) is 0.290. The van der Waals surface area contributed by atoms with Crippen molar-refractivity contribution in [3.05, 3.63) is 84.4 Å². The van der Waals surface area contributed by atoms with Gasteiger partial charge in [0.25, 0.3) is 0 Å². The van der Waals surface area contributed by atoms with Crippen LogP contribution in [0.4, 0.5) is 0 Å². The lowest BCUT2D eigenvalue weighted by molar-refractivity contribution is -0.139. The maximum atomic E-state index is 11.5. The summed E-state index contributed by atoms with van der Waals surface area (Å²) in [6.45, 7) is 0. The molecule has 114 valence electrons. The Balaban J connectivity index is 2.03. The fraction of sp³-hybridized carbons (Fsp3) is 0.0952. The molecule has 0 N–H and O–H groups in total. The Hall–Kier alpha value is -2.87. The van der Waals surface area contributed by atoms with Gasteiger partial charge in [0.2, 0.25) is 0 Å². The highest BCUT2D eigenvalue weighted by Gasteiger charge is 2.08. The van der Waals surface area contributed by atoms with E-state index in [-0.39, 0.29) is 12.4 Å². The molecule has 0 fully saturated rings. The average Bonchev–Trinajstić information content (AvgIpc) is 2.62. The number of carbonyl (C=O) groups excluding carboxylic acids is 1. The largest absolute Gasteiger partial charge is 0.469 e. The van der Waals surface area contributed by atoms with Gasteiger partial charge in [-0.05, 0) is 27.8 Å². The van der Waals surface area contributed by atoms with Crippen LogP contribution in [0.2, 0.25) is 0 Å². The van der Waals surface area contributed by atoms with Crippen molar-refractivity contribution in [2.45, 2.75) is 6.42 Å². The van der Waals surface area contributed by atoms with E-state index >= 15 is 0 Å². The van der Waals surface area contributed by atoms with Gasteiger partial charge in [0.15, 0.2) is 0 Å². The second-order valence-electron chi connectivity index (χ2n) is 5.36. The predicted molar refractivity (Wildman–Crippen MR) is 93.0 cm³/mol. The molecule has 0 atom stereocenters. The summed E-state index contributed by atoms with van der Waals surface area (Å²) in [5.41, 5.74) is 5.58. The highest BCUT2D eigenvalue weighted by molar-refractivity contribution is 5.84. The maximum Gasteiger partial charge on any atom is 0.309 e. The number of benzene rings is 3. The minimum atomic E-state index is -0.224. The number of carbonyl (C=O) groups is 1. The highest BCUT2D eigenvalue weighted by Crippen LogP contribution is 2.32. The van der Waals surface area contributed by atoms with E-state index in [4.69, 9.17) is 4.74 Å². The summed E-state index contributed by atoms with van der Waals surface area (Å²) in [4.78, 5) is 11.5. The third-order valence-electron chi connectivity index (χ3n) is 3.83. The molecular weight excluding hydrogens is 284 g/mol. The first kappa shape index (κ1) is 15.0. The molecule has 3 rings (SSSR count). The van der Waals surface area contributed by atoms with Crippen molar-refractivity contribution < 1.29 is 9.53 Å². The molecule has 3 aromatic rings. The summed E-state index contributed by atoms with van der Waals surface area (Å²) >= 11 is 0. The van der Waals surface area contributed by atoms with Crippen LogP contribution in [0.5, 0.6) is 0 Å². The van der Waals surface area contributed by atoms with Crippen LogP contribution in [0.15, 0.2) is 78.9 Å². The molecule has 3 aromatic carbocycles. The topological polar surface area (TPSA) is 26.3 Å². The van der Waals surface area contributed by atoms with Gasteiger partial charge in [-0.2, -0.15) is 0 Å². The summed E-state index contributed by atoms with van der Waals surface area (Å²) < 4.78 is 4.75. The number of hydrogen-bond acceptors (Lipinski definition) is 2. The fourth-order valence-corrected chi connectivity index (χ4v) is 2.69.